The molecule has 4 rings (SSSR count). The number of carbonyl (C=O) groups excluding carboxylic acids is 2. The molecule has 0 aromatic heterocycles. The monoisotopic (exact) mass is 939 g/mol. The normalized spacial score (nSPS) is 25.4. The Bertz CT molecular complexity index is 1650. The molecule has 0 saturated carbocycles. The molecule has 3 aliphatic rings. The molecule has 3 heterocycles. The van der Waals surface area contributed by atoms with Crippen LogP contribution in [0.5, 0.6) is 11.5 Å². The van der Waals surface area contributed by atoms with E-state index >= 15 is 0 Å². The van der Waals surface area contributed by atoms with Gasteiger partial charge in [0, 0.05) is 19.9 Å². The van der Waals surface area contributed by atoms with Crippen molar-refractivity contribution in [1.82, 2.24) is 0 Å². The molecule has 1 aromatic carbocycles. The van der Waals surface area contributed by atoms with Crippen LogP contribution in [0.3, 0.4) is 0 Å². The lowest BCUT2D eigenvalue weighted by Gasteiger charge is -2.56. The van der Waals surface area contributed by atoms with Crippen LogP contribution in [0.1, 0.15) is 163 Å². The molecule has 356 valence electrons. The third-order valence-electron chi connectivity index (χ3n) is 14.6. The minimum Gasteiger partial charge on any atom is -0.543 e. The zero-order chi connectivity index (χ0) is 47.2. The topological polar surface area (TPSA) is 117 Å². The highest BCUT2D eigenvalue weighted by Crippen LogP contribution is 2.57. The van der Waals surface area contributed by atoms with Crippen molar-refractivity contribution in [2.45, 2.75) is 245 Å². The highest BCUT2D eigenvalue weighted by molar-refractivity contribution is 6.84. The van der Waals surface area contributed by atoms with Gasteiger partial charge in [0.2, 0.25) is 5.79 Å². The Morgan fingerprint density at radius 2 is 1.10 bits per heavy atom. The molecule has 0 aliphatic carbocycles. The summed E-state index contributed by atoms with van der Waals surface area (Å²) in [5, 5.41) is 0. The summed E-state index contributed by atoms with van der Waals surface area (Å²) in [5.41, 5.74) is 3.26. The van der Waals surface area contributed by atoms with Gasteiger partial charge in [-0.3, -0.25) is 9.59 Å². The molecule has 5 atom stereocenters. The molecule has 0 unspecified atom stereocenters. The average Bonchev–Trinajstić information content (AvgIpc) is 3.49. The molecular weight excluding hydrogens is 853 g/mol. The van der Waals surface area contributed by atoms with Crippen LogP contribution in [0, 0.1) is 0 Å². The number of esters is 2. The van der Waals surface area contributed by atoms with E-state index in [9.17, 15) is 9.59 Å². The standard InChI is InChI=1S/C47H86O11Si4/c1-27(2)59(28(3)4,29(5)6)55-40-23-39-25-50-47(43(39)41(24-40)56-60(30(7)8,31(9)10)32(11)12)46(53-38(22)49)45(52-37(21)48)44-42(54-47)26-51-61(33(13)14,34(15)16)58-62(57-44,35(17)18)36(19)20/h23-24,27-36,42,44-46H,25-26H2,1-22H3/t42-,44-,45+,46-,47+/m1/s1. The van der Waals surface area contributed by atoms with E-state index in [2.05, 4.69) is 145 Å². The Hall–Kier alpha value is -1.57. The van der Waals surface area contributed by atoms with Gasteiger partial charge in [0.1, 0.15) is 23.7 Å². The van der Waals surface area contributed by atoms with Crippen LogP contribution in [0.2, 0.25) is 55.4 Å². The molecule has 0 N–H and O–H groups in total. The van der Waals surface area contributed by atoms with Crippen LogP contribution in [-0.4, -0.2) is 76.7 Å². The van der Waals surface area contributed by atoms with E-state index in [0.29, 0.717) is 27.9 Å². The van der Waals surface area contributed by atoms with Crippen molar-refractivity contribution in [3.05, 3.63) is 23.3 Å². The van der Waals surface area contributed by atoms with Gasteiger partial charge in [-0.2, -0.15) is 0 Å². The highest BCUT2D eigenvalue weighted by atomic mass is 28.5. The van der Waals surface area contributed by atoms with E-state index < -0.39 is 75.9 Å². The van der Waals surface area contributed by atoms with Gasteiger partial charge in [-0.15, -0.1) is 0 Å². The van der Waals surface area contributed by atoms with Gasteiger partial charge >= 0.3 is 29.1 Å². The summed E-state index contributed by atoms with van der Waals surface area (Å²) in [7, 11) is -11.4. The van der Waals surface area contributed by atoms with Gasteiger partial charge < -0.3 is 40.8 Å². The molecule has 62 heavy (non-hydrogen) atoms. The van der Waals surface area contributed by atoms with Crippen molar-refractivity contribution in [3.8, 4) is 11.5 Å². The molecule has 3 aliphatic heterocycles. The second-order valence-corrected chi connectivity index (χ2v) is 41.2. The number of hydrogen-bond donors (Lipinski definition) is 0. The summed E-state index contributed by atoms with van der Waals surface area (Å²) in [4.78, 5) is 26.8. The third kappa shape index (κ3) is 9.24. The van der Waals surface area contributed by atoms with Crippen LogP contribution in [0.15, 0.2) is 12.1 Å². The number of fused-ring (bicyclic) bond motifs is 3. The first kappa shape index (κ1) is 53.0. The first-order valence-electron chi connectivity index (χ1n) is 23.8. The smallest absolute Gasteiger partial charge is 0.335 e. The first-order chi connectivity index (χ1) is 28.5. The fraction of sp³-hybridized carbons (Fsp3) is 0.830. The SMILES string of the molecule is CC(=O)O[C@H]1[C@@H]2O[Si](C(C)C)(C(C)C)O[Si](C(C)C)(C(C)C)OC[C@H]2O[C@]2(OCc3cc(O[Si](C(C)C)(C(C)C)C(C)C)cc(O[Si](C(C)C)(C(C)C)C(C)C)c32)[C@@H]1OC(C)=O. The summed E-state index contributed by atoms with van der Waals surface area (Å²) in [6.45, 7) is 47.5. The number of hydrogen-bond acceptors (Lipinski definition) is 11. The predicted octanol–water partition coefficient (Wildman–Crippen LogP) is 12.7. The molecule has 0 radical (unpaired) electrons. The predicted molar refractivity (Wildman–Crippen MR) is 256 cm³/mol. The molecule has 0 bridgehead atoms. The lowest BCUT2D eigenvalue weighted by molar-refractivity contribution is -0.369. The molecule has 0 amide bonds. The lowest BCUT2D eigenvalue weighted by atomic mass is 9.86. The van der Waals surface area contributed by atoms with Crippen molar-refractivity contribution < 1.29 is 50.4 Å². The molecule has 15 heteroatoms. The quantitative estimate of drug-likeness (QED) is 0.116. The fourth-order valence-electron chi connectivity index (χ4n) is 12.0. The van der Waals surface area contributed by atoms with Gasteiger partial charge in [-0.05, 0) is 67.0 Å². The van der Waals surface area contributed by atoms with E-state index in [-0.39, 0.29) is 52.0 Å². The van der Waals surface area contributed by atoms with E-state index in [1.807, 2.05) is 6.07 Å². The summed E-state index contributed by atoms with van der Waals surface area (Å²) < 4.78 is 64.7. The lowest BCUT2D eigenvalue weighted by Crippen LogP contribution is -2.72. The Kier molecular flexibility index (Phi) is 16.9. The third-order valence-corrected chi connectivity index (χ3v) is 36.8. The molecule has 1 spiro atoms. The van der Waals surface area contributed by atoms with Crippen LogP contribution < -0.4 is 8.85 Å². The first-order valence-corrected chi connectivity index (χ1v) is 32.0. The Labute approximate surface area is 380 Å². The summed E-state index contributed by atoms with van der Waals surface area (Å²) in [5.74, 6) is -1.57. The van der Waals surface area contributed by atoms with E-state index in [4.69, 9.17) is 40.8 Å². The van der Waals surface area contributed by atoms with E-state index in [0.717, 1.165) is 11.3 Å². The second-order valence-electron chi connectivity index (χ2n) is 21.6. The van der Waals surface area contributed by atoms with Crippen molar-refractivity contribution in [2.75, 3.05) is 6.61 Å². The zero-order valence-corrected chi connectivity index (χ0v) is 46.6. The maximum absolute atomic E-state index is 13.5. The number of carbonyl (C=O) groups is 2. The van der Waals surface area contributed by atoms with E-state index in [1.54, 1.807) is 0 Å². The number of benzene rings is 1. The fourth-order valence-corrected chi connectivity index (χ4v) is 33.7. The molecule has 11 nitrogen and oxygen atoms in total. The Morgan fingerprint density at radius 3 is 1.52 bits per heavy atom. The van der Waals surface area contributed by atoms with Gasteiger partial charge in [0.25, 0.3) is 16.6 Å². The summed E-state index contributed by atoms with van der Waals surface area (Å²) in [6, 6.07) is 4.12. The van der Waals surface area contributed by atoms with Gasteiger partial charge in [-0.25, -0.2) is 0 Å². The second kappa shape index (κ2) is 19.7. The van der Waals surface area contributed by atoms with Crippen LogP contribution in [0.25, 0.3) is 0 Å². The molecular formula is C47H86O11Si4. The minimum atomic E-state index is -3.26. The number of rotatable bonds is 16. The highest BCUT2D eigenvalue weighted by Gasteiger charge is 2.68. The molecule has 2 fully saturated rings. The van der Waals surface area contributed by atoms with Crippen molar-refractivity contribution >= 4 is 45.7 Å². The van der Waals surface area contributed by atoms with Gasteiger partial charge in [-0.1, -0.05) is 138 Å². The van der Waals surface area contributed by atoms with Gasteiger partial charge in [0.15, 0.2) is 12.2 Å². The van der Waals surface area contributed by atoms with Crippen molar-refractivity contribution in [3.63, 3.8) is 0 Å². The average molecular weight is 940 g/mol. The Balaban J connectivity index is 2.15. The zero-order valence-electron chi connectivity index (χ0n) is 42.6. The van der Waals surface area contributed by atoms with E-state index in [1.165, 1.54) is 13.8 Å². The van der Waals surface area contributed by atoms with Crippen LogP contribution >= 0.6 is 0 Å². The maximum atomic E-state index is 13.5. The summed E-state index contributed by atoms with van der Waals surface area (Å²) in [6.07, 6.45) is -4.17. The Morgan fingerprint density at radius 1 is 0.645 bits per heavy atom. The molecule has 2 saturated heterocycles. The van der Waals surface area contributed by atoms with Crippen LogP contribution in [0.4, 0.5) is 0 Å². The number of ether oxygens (including phenoxy) is 4. The van der Waals surface area contributed by atoms with Crippen LogP contribution in [-0.2, 0) is 53.9 Å². The minimum absolute atomic E-state index is 0.0171. The largest absolute Gasteiger partial charge is 0.543 e. The maximum Gasteiger partial charge on any atom is 0.335 e. The summed E-state index contributed by atoms with van der Waals surface area (Å²) >= 11 is 0. The van der Waals surface area contributed by atoms with Gasteiger partial charge in [0.05, 0.1) is 18.8 Å². The molecule has 1 aromatic rings. The van der Waals surface area contributed by atoms with Crippen molar-refractivity contribution in [2.24, 2.45) is 0 Å². The van der Waals surface area contributed by atoms with Crippen molar-refractivity contribution in [1.29, 1.82) is 0 Å².